The van der Waals surface area contributed by atoms with E-state index < -0.39 is 12.1 Å². The third-order valence-corrected chi connectivity index (χ3v) is 11.2. The Balaban J connectivity index is 4.60. The number of rotatable bonds is 48. The maximum Gasteiger partial charge on any atom is 0.306 e. The minimum absolute atomic E-state index is 0.129. The molecule has 1 atom stereocenters. The van der Waals surface area contributed by atoms with E-state index in [9.17, 15) is 14.4 Å². The van der Waals surface area contributed by atoms with Crippen molar-refractivity contribution < 1.29 is 28.6 Å². The van der Waals surface area contributed by atoms with E-state index in [0.29, 0.717) is 19.3 Å². The van der Waals surface area contributed by atoms with Gasteiger partial charge in [-0.05, 0) is 116 Å². The molecule has 0 aromatic rings. The summed E-state index contributed by atoms with van der Waals surface area (Å²) < 4.78 is 16.7. The summed E-state index contributed by atoms with van der Waals surface area (Å²) in [5, 5.41) is 0. The van der Waals surface area contributed by atoms with Crippen LogP contribution in [0, 0.1) is 0 Å². The van der Waals surface area contributed by atoms with Gasteiger partial charge in [0.05, 0.1) is 0 Å². The standard InChI is InChI=1S/C61H100O6/c1-4-7-10-13-16-19-22-25-27-29-30-32-34-37-40-43-46-49-52-55-61(64)67-58(56-65-59(62)53-50-47-44-41-38-35-24-21-18-15-12-9-6-3)57-66-60(63)54-51-48-45-42-39-36-33-31-28-26-23-20-17-14-11-8-5-2/h16,19,21,24-28,30,32-33,36-37,40,42,45-46,49,58H,4-15,17-18,20,22-23,29,31,34-35,38-39,41,43-44,47-48,50-57H2,1-3H3/b19-16-,24-21-,27-25-,28-26-,32-30-,36-33-,40-37-,45-42-,49-46-/t58-/m0/s1. The van der Waals surface area contributed by atoms with Crippen LogP contribution in [-0.2, 0) is 28.6 Å². The Hall–Kier alpha value is -3.93. The molecule has 0 aromatic heterocycles. The molecule has 0 unspecified atom stereocenters. The SMILES string of the molecule is CCCCC/C=C\C/C=C\C/C=C\C/C=C\C/C=C\CCC(=O)O[C@H](COC(=O)CCC/C=C\C/C=C\C/C=C\CCCCCCCC)COC(=O)CCCCCCC/C=C\CCCCCC. The molecule has 0 aliphatic carbocycles. The third kappa shape index (κ3) is 52.9. The summed E-state index contributed by atoms with van der Waals surface area (Å²) in [6, 6.07) is 0. The van der Waals surface area contributed by atoms with Gasteiger partial charge in [-0.2, -0.15) is 0 Å². The van der Waals surface area contributed by atoms with Gasteiger partial charge in [0.25, 0.3) is 0 Å². The summed E-state index contributed by atoms with van der Waals surface area (Å²) in [4.78, 5) is 38.0. The van der Waals surface area contributed by atoms with E-state index >= 15 is 0 Å². The molecule has 0 amide bonds. The van der Waals surface area contributed by atoms with Crippen LogP contribution in [0.5, 0.6) is 0 Å². The maximum absolute atomic E-state index is 12.8. The highest BCUT2D eigenvalue weighted by Crippen LogP contribution is 2.12. The van der Waals surface area contributed by atoms with Crippen LogP contribution >= 0.6 is 0 Å². The zero-order valence-electron chi connectivity index (χ0n) is 43.4. The highest BCUT2D eigenvalue weighted by Gasteiger charge is 2.19. The van der Waals surface area contributed by atoms with Crippen LogP contribution in [0.2, 0.25) is 0 Å². The van der Waals surface area contributed by atoms with Gasteiger partial charge in [-0.1, -0.05) is 214 Å². The van der Waals surface area contributed by atoms with Crippen LogP contribution in [-0.4, -0.2) is 37.2 Å². The minimum atomic E-state index is -0.843. The Bertz CT molecular complexity index is 1390. The highest BCUT2D eigenvalue weighted by atomic mass is 16.6. The lowest BCUT2D eigenvalue weighted by Gasteiger charge is -2.18. The fraction of sp³-hybridized carbons (Fsp3) is 0.656. The summed E-state index contributed by atoms with van der Waals surface area (Å²) in [5.41, 5.74) is 0. The molecule has 0 rings (SSSR count). The van der Waals surface area contributed by atoms with Crippen LogP contribution in [0.25, 0.3) is 0 Å². The Morgan fingerprint density at radius 2 is 0.582 bits per heavy atom. The van der Waals surface area contributed by atoms with Crippen molar-refractivity contribution in [1.29, 1.82) is 0 Å². The van der Waals surface area contributed by atoms with Gasteiger partial charge in [-0.25, -0.2) is 0 Å². The molecule has 0 aliphatic heterocycles. The van der Waals surface area contributed by atoms with Crippen molar-refractivity contribution in [3.8, 4) is 0 Å². The monoisotopic (exact) mass is 929 g/mol. The molecule has 0 saturated carbocycles. The van der Waals surface area contributed by atoms with E-state index in [0.717, 1.165) is 77.0 Å². The minimum Gasteiger partial charge on any atom is -0.462 e. The molecular weight excluding hydrogens is 829 g/mol. The van der Waals surface area contributed by atoms with Gasteiger partial charge in [0.2, 0.25) is 0 Å². The predicted octanol–water partition coefficient (Wildman–Crippen LogP) is 18.3. The fourth-order valence-corrected chi connectivity index (χ4v) is 7.08. The van der Waals surface area contributed by atoms with E-state index in [4.69, 9.17) is 14.2 Å². The average molecular weight is 929 g/mol. The number of allylic oxidation sites excluding steroid dienone is 18. The molecule has 0 saturated heterocycles. The Morgan fingerprint density at radius 3 is 1.01 bits per heavy atom. The topological polar surface area (TPSA) is 78.9 Å². The van der Waals surface area contributed by atoms with Crippen molar-refractivity contribution >= 4 is 17.9 Å². The van der Waals surface area contributed by atoms with Crippen molar-refractivity contribution in [3.63, 3.8) is 0 Å². The molecule has 0 radical (unpaired) electrons. The molecule has 0 aliphatic rings. The van der Waals surface area contributed by atoms with Crippen LogP contribution in [0.1, 0.15) is 239 Å². The van der Waals surface area contributed by atoms with Gasteiger partial charge >= 0.3 is 17.9 Å². The number of hydrogen-bond donors (Lipinski definition) is 0. The quantitative estimate of drug-likeness (QED) is 0.0262. The number of carbonyl (C=O) groups excluding carboxylic acids is 3. The lowest BCUT2D eigenvalue weighted by Crippen LogP contribution is -2.30. The first-order valence-electron chi connectivity index (χ1n) is 27.4. The van der Waals surface area contributed by atoms with E-state index in [-0.39, 0.29) is 38.0 Å². The first kappa shape index (κ1) is 63.1. The second-order valence-electron chi connectivity index (χ2n) is 17.8. The molecule has 0 heterocycles. The Labute approximate surface area is 412 Å². The second kappa shape index (κ2) is 54.7. The molecule has 0 bridgehead atoms. The van der Waals surface area contributed by atoms with E-state index in [1.54, 1.807) is 0 Å². The normalized spacial score (nSPS) is 12.9. The summed E-state index contributed by atoms with van der Waals surface area (Å²) in [6.45, 7) is 6.47. The van der Waals surface area contributed by atoms with Crippen molar-refractivity contribution in [2.75, 3.05) is 13.2 Å². The summed E-state index contributed by atoms with van der Waals surface area (Å²) in [6.07, 6.45) is 73.8. The lowest BCUT2D eigenvalue weighted by molar-refractivity contribution is -0.166. The van der Waals surface area contributed by atoms with Gasteiger partial charge in [-0.15, -0.1) is 0 Å². The largest absolute Gasteiger partial charge is 0.462 e. The van der Waals surface area contributed by atoms with Crippen LogP contribution < -0.4 is 0 Å². The smallest absolute Gasteiger partial charge is 0.306 e. The van der Waals surface area contributed by atoms with Crippen LogP contribution in [0.4, 0.5) is 0 Å². The molecule has 0 N–H and O–H groups in total. The van der Waals surface area contributed by atoms with Gasteiger partial charge in [0.1, 0.15) is 13.2 Å². The van der Waals surface area contributed by atoms with Crippen molar-refractivity contribution in [1.82, 2.24) is 0 Å². The second-order valence-corrected chi connectivity index (χ2v) is 17.8. The van der Waals surface area contributed by atoms with Gasteiger partial charge in [0, 0.05) is 19.3 Å². The molecule has 380 valence electrons. The van der Waals surface area contributed by atoms with Gasteiger partial charge in [0.15, 0.2) is 6.10 Å². The molecule has 67 heavy (non-hydrogen) atoms. The zero-order valence-corrected chi connectivity index (χ0v) is 43.4. The Morgan fingerprint density at radius 1 is 0.299 bits per heavy atom. The number of ether oxygens (including phenoxy) is 3. The van der Waals surface area contributed by atoms with Crippen molar-refractivity contribution in [3.05, 3.63) is 109 Å². The number of unbranched alkanes of at least 4 members (excludes halogenated alkanes) is 19. The summed E-state index contributed by atoms with van der Waals surface area (Å²) in [7, 11) is 0. The average Bonchev–Trinajstić information content (AvgIpc) is 3.33. The van der Waals surface area contributed by atoms with E-state index in [1.807, 2.05) is 12.2 Å². The third-order valence-electron chi connectivity index (χ3n) is 11.2. The number of esters is 3. The van der Waals surface area contributed by atoms with Crippen molar-refractivity contribution in [2.45, 2.75) is 245 Å². The molecular formula is C61H100O6. The van der Waals surface area contributed by atoms with Crippen LogP contribution in [0.15, 0.2) is 109 Å². The van der Waals surface area contributed by atoms with E-state index in [1.165, 1.54) is 109 Å². The van der Waals surface area contributed by atoms with Crippen LogP contribution in [0.3, 0.4) is 0 Å². The molecule has 0 aromatic carbocycles. The fourth-order valence-electron chi connectivity index (χ4n) is 7.08. The summed E-state index contributed by atoms with van der Waals surface area (Å²) >= 11 is 0. The maximum atomic E-state index is 12.8. The molecule has 6 heteroatoms. The summed E-state index contributed by atoms with van der Waals surface area (Å²) in [5.74, 6) is -1.08. The highest BCUT2D eigenvalue weighted by molar-refractivity contribution is 5.71. The van der Waals surface area contributed by atoms with Gasteiger partial charge < -0.3 is 14.2 Å². The predicted molar refractivity (Wildman–Crippen MR) is 288 cm³/mol. The lowest BCUT2D eigenvalue weighted by atomic mass is 10.1. The first-order chi connectivity index (χ1) is 33.0. The Kier molecular flexibility index (Phi) is 51.5. The van der Waals surface area contributed by atoms with Gasteiger partial charge in [-0.3, -0.25) is 14.4 Å². The zero-order chi connectivity index (χ0) is 48.6. The number of carbonyl (C=O) groups is 3. The first-order valence-corrected chi connectivity index (χ1v) is 27.4. The molecule has 0 spiro atoms. The molecule has 6 nitrogen and oxygen atoms in total. The number of hydrogen-bond acceptors (Lipinski definition) is 6. The van der Waals surface area contributed by atoms with Crippen molar-refractivity contribution in [2.24, 2.45) is 0 Å². The van der Waals surface area contributed by atoms with E-state index in [2.05, 4.69) is 118 Å². The molecule has 0 fully saturated rings.